The third-order valence-electron chi connectivity index (χ3n) is 9.95. The summed E-state index contributed by atoms with van der Waals surface area (Å²) in [6, 6.07) is 12.6. The molecular weight excluding hydrogens is 546 g/mol. The highest BCUT2D eigenvalue weighted by Gasteiger charge is 2.77. The summed E-state index contributed by atoms with van der Waals surface area (Å²) in [6.45, 7) is 14.3. The Morgan fingerprint density at radius 2 is 1.83 bits per heavy atom. The first-order chi connectivity index (χ1) is 20.2. The third-order valence-corrected chi connectivity index (χ3v) is 12.0. The molecule has 42 heavy (non-hydrogen) atoms. The number of rotatable bonds is 11. The zero-order valence-electron chi connectivity index (χ0n) is 25.1. The average molecular weight is 590 g/mol. The van der Waals surface area contributed by atoms with Crippen molar-refractivity contribution in [2.24, 2.45) is 23.7 Å². The molecule has 8 heteroatoms. The van der Waals surface area contributed by atoms with Crippen molar-refractivity contribution in [1.29, 1.82) is 0 Å². The first-order valence-corrected chi connectivity index (χ1v) is 15.9. The van der Waals surface area contributed by atoms with Crippen molar-refractivity contribution in [3.8, 4) is 0 Å². The minimum atomic E-state index is -0.819. The van der Waals surface area contributed by atoms with Crippen LogP contribution in [0.3, 0.4) is 0 Å². The lowest BCUT2D eigenvalue weighted by atomic mass is 9.65. The van der Waals surface area contributed by atoms with Gasteiger partial charge in [0, 0.05) is 31.1 Å². The summed E-state index contributed by atoms with van der Waals surface area (Å²) in [7, 11) is 1.75. The highest BCUT2D eigenvalue weighted by molar-refractivity contribution is 8.02. The summed E-state index contributed by atoms with van der Waals surface area (Å²) in [6.07, 6.45) is 4.90. The predicted octanol–water partition coefficient (Wildman–Crippen LogP) is 4.75. The summed E-state index contributed by atoms with van der Waals surface area (Å²) in [5.74, 6) is -1.60. The van der Waals surface area contributed by atoms with Crippen LogP contribution in [0.2, 0.25) is 0 Å². The number of aliphatic hydroxyl groups is 1. The average Bonchev–Trinajstić information content (AvgIpc) is 3.59. The van der Waals surface area contributed by atoms with Gasteiger partial charge in [0.15, 0.2) is 0 Å². The molecule has 3 fully saturated rings. The van der Waals surface area contributed by atoms with E-state index in [1.165, 1.54) is 0 Å². The SMILES string of the molecule is C=CCN(C)C(=O)[C@@H]1[C@H]2C(=O)N([C@@H](CO)[C@@H](C)CC)C(C(=O)N(CC=C)c3ccc4ccccc4c3)C23S[C@@H]1CC3C. The fourth-order valence-corrected chi connectivity index (χ4v) is 10.1. The molecular formula is C34H43N3O4S. The monoisotopic (exact) mass is 589 g/mol. The van der Waals surface area contributed by atoms with Gasteiger partial charge >= 0.3 is 0 Å². The van der Waals surface area contributed by atoms with Crippen LogP contribution in [0.5, 0.6) is 0 Å². The van der Waals surface area contributed by atoms with Gasteiger partial charge in [0.05, 0.1) is 29.2 Å². The van der Waals surface area contributed by atoms with Crippen LogP contribution in [0.1, 0.15) is 33.6 Å². The molecule has 8 atom stereocenters. The van der Waals surface area contributed by atoms with Gasteiger partial charge in [-0.25, -0.2) is 0 Å². The van der Waals surface area contributed by atoms with E-state index in [1.54, 1.807) is 45.7 Å². The molecule has 0 radical (unpaired) electrons. The van der Waals surface area contributed by atoms with Crippen LogP contribution in [-0.4, -0.2) is 81.5 Å². The third kappa shape index (κ3) is 4.58. The number of carbonyl (C=O) groups is 3. The second-order valence-corrected chi connectivity index (χ2v) is 13.8. The number of nitrogens with zero attached hydrogens (tertiary/aromatic N) is 3. The summed E-state index contributed by atoms with van der Waals surface area (Å²) in [5.41, 5.74) is 0.735. The lowest BCUT2D eigenvalue weighted by Gasteiger charge is -2.43. The molecule has 2 bridgehead atoms. The molecule has 3 amide bonds. The molecule has 3 aliphatic heterocycles. The van der Waals surface area contributed by atoms with Gasteiger partial charge in [-0.2, -0.15) is 0 Å². The molecule has 5 rings (SSSR count). The Bertz CT molecular complexity index is 1400. The number of hydrogen-bond acceptors (Lipinski definition) is 5. The van der Waals surface area contributed by atoms with E-state index in [4.69, 9.17) is 0 Å². The van der Waals surface area contributed by atoms with E-state index < -0.39 is 28.7 Å². The maximum absolute atomic E-state index is 15.0. The lowest BCUT2D eigenvalue weighted by molar-refractivity contribution is -0.145. The summed E-state index contributed by atoms with van der Waals surface area (Å²) >= 11 is 1.66. The standard InChI is InChI=1S/C34H43N3O4S/c1-7-16-35(6)31(39)28-27-18-22(5)34(42-27)29(28)32(40)37(26(20-38)21(4)9-3)30(34)33(41)36(17-8-2)25-15-14-23-12-10-11-13-24(23)19-25/h7-8,10-15,19,21-22,26-30,38H,1-2,9,16-18,20H2,3-6H3/t21-,22?,26-,27+,28-,29-,30?,34?/m0/s1. The number of hydrogen-bond donors (Lipinski definition) is 1. The van der Waals surface area contributed by atoms with E-state index in [-0.39, 0.29) is 48.0 Å². The smallest absolute Gasteiger partial charge is 0.251 e. The molecule has 3 aliphatic rings. The van der Waals surface area contributed by atoms with Gasteiger partial charge in [0.2, 0.25) is 11.8 Å². The van der Waals surface area contributed by atoms with Crippen LogP contribution < -0.4 is 4.90 Å². The Morgan fingerprint density at radius 3 is 2.48 bits per heavy atom. The maximum atomic E-state index is 15.0. The number of fused-ring (bicyclic) bond motifs is 2. The lowest BCUT2D eigenvalue weighted by Crippen LogP contribution is -2.60. The van der Waals surface area contributed by atoms with Crippen molar-refractivity contribution in [3.63, 3.8) is 0 Å². The number of amides is 3. The molecule has 7 nitrogen and oxygen atoms in total. The van der Waals surface area contributed by atoms with E-state index in [2.05, 4.69) is 20.1 Å². The van der Waals surface area contributed by atoms with Gasteiger partial charge < -0.3 is 19.8 Å². The van der Waals surface area contributed by atoms with Crippen molar-refractivity contribution in [3.05, 3.63) is 67.8 Å². The number of aliphatic hydroxyl groups excluding tert-OH is 1. The van der Waals surface area contributed by atoms with E-state index >= 15 is 4.79 Å². The first kappa shape index (κ1) is 30.4. The second-order valence-electron chi connectivity index (χ2n) is 12.2. The van der Waals surface area contributed by atoms with E-state index in [0.29, 0.717) is 6.54 Å². The van der Waals surface area contributed by atoms with Crippen LogP contribution in [0.4, 0.5) is 5.69 Å². The molecule has 3 heterocycles. The van der Waals surface area contributed by atoms with Crippen molar-refractivity contribution in [2.75, 3.05) is 31.6 Å². The number of likely N-dealkylation sites (tertiary alicyclic amines) is 1. The number of anilines is 1. The van der Waals surface area contributed by atoms with Gasteiger partial charge in [0.25, 0.3) is 5.91 Å². The summed E-state index contributed by atoms with van der Waals surface area (Å²) < 4.78 is -0.772. The maximum Gasteiger partial charge on any atom is 0.251 e. The van der Waals surface area contributed by atoms with Crippen molar-refractivity contribution >= 4 is 45.9 Å². The number of likely N-dealkylation sites (N-methyl/N-ethyl adjacent to an activating group) is 1. The molecule has 0 aromatic heterocycles. The number of carbonyl (C=O) groups excluding carboxylic acids is 3. The van der Waals surface area contributed by atoms with Gasteiger partial charge in [-0.3, -0.25) is 14.4 Å². The molecule has 1 spiro atoms. The molecule has 3 unspecified atom stereocenters. The first-order valence-electron chi connectivity index (χ1n) is 15.0. The zero-order valence-corrected chi connectivity index (χ0v) is 25.9. The quantitative estimate of drug-likeness (QED) is 0.383. The molecule has 1 N–H and O–H groups in total. The minimum Gasteiger partial charge on any atom is -0.394 e. The Balaban J connectivity index is 1.65. The highest BCUT2D eigenvalue weighted by Crippen LogP contribution is 2.69. The van der Waals surface area contributed by atoms with E-state index in [1.807, 2.05) is 56.3 Å². The number of thioether (sulfide) groups is 1. The largest absolute Gasteiger partial charge is 0.394 e. The molecule has 2 aromatic rings. The van der Waals surface area contributed by atoms with Crippen LogP contribution in [0.25, 0.3) is 10.8 Å². The Kier molecular flexibility index (Phi) is 8.59. The Morgan fingerprint density at radius 1 is 1.14 bits per heavy atom. The minimum absolute atomic E-state index is 0.0342. The van der Waals surface area contributed by atoms with Crippen LogP contribution in [0.15, 0.2) is 67.8 Å². The Hall–Kier alpha value is -3.10. The van der Waals surface area contributed by atoms with Crippen molar-refractivity contribution < 1.29 is 19.5 Å². The molecule has 3 saturated heterocycles. The molecule has 0 saturated carbocycles. The van der Waals surface area contributed by atoms with Gasteiger partial charge in [0.1, 0.15) is 6.04 Å². The second kappa shape index (κ2) is 11.9. The topological polar surface area (TPSA) is 81.2 Å². The van der Waals surface area contributed by atoms with Crippen LogP contribution in [0, 0.1) is 23.7 Å². The van der Waals surface area contributed by atoms with Crippen LogP contribution in [-0.2, 0) is 14.4 Å². The fraction of sp³-hybridized carbons (Fsp3) is 0.500. The highest BCUT2D eigenvalue weighted by atomic mass is 32.2. The van der Waals surface area contributed by atoms with Crippen LogP contribution >= 0.6 is 11.8 Å². The van der Waals surface area contributed by atoms with Gasteiger partial charge in [-0.05, 0) is 41.2 Å². The normalized spacial score (nSPS) is 29.3. The summed E-state index contributed by atoms with van der Waals surface area (Å²) in [4.78, 5) is 48.6. The van der Waals surface area contributed by atoms with Crippen molar-refractivity contribution in [2.45, 2.75) is 55.7 Å². The number of benzene rings is 2. The van der Waals surface area contributed by atoms with E-state index in [9.17, 15) is 14.7 Å². The predicted molar refractivity (Wildman–Crippen MR) is 170 cm³/mol. The zero-order chi connectivity index (χ0) is 30.3. The van der Waals surface area contributed by atoms with Gasteiger partial charge in [-0.15, -0.1) is 24.9 Å². The molecule has 224 valence electrons. The summed E-state index contributed by atoms with van der Waals surface area (Å²) in [5, 5.41) is 12.7. The van der Waals surface area contributed by atoms with Gasteiger partial charge in [-0.1, -0.05) is 69.7 Å². The molecule has 2 aromatic carbocycles. The Labute approximate surface area is 253 Å². The molecule has 0 aliphatic carbocycles. The van der Waals surface area contributed by atoms with E-state index in [0.717, 1.165) is 29.3 Å². The fourth-order valence-electron chi connectivity index (χ4n) is 7.67. The van der Waals surface area contributed by atoms with Crippen molar-refractivity contribution in [1.82, 2.24) is 9.80 Å².